The van der Waals surface area contributed by atoms with Crippen LogP contribution in [0.3, 0.4) is 0 Å². The molecule has 22 heavy (non-hydrogen) atoms. The Balaban J connectivity index is 1.94. The first kappa shape index (κ1) is 17.2. The molecule has 1 saturated heterocycles. The van der Waals surface area contributed by atoms with E-state index < -0.39 is 8.07 Å². The summed E-state index contributed by atoms with van der Waals surface area (Å²) in [5.74, 6) is 0.199. The summed E-state index contributed by atoms with van der Waals surface area (Å²) in [6.45, 7) is 8.85. The number of carbonyl (C=O) groups is 1. The highest BCUT2D eigenvalue weighted by atomic mass is 28.3. The molecule has 1 aliphatic rings. The van der Waals surface area contributed by atoms with Gasteiger partial charge in [0.05, 0.1) is 21.3 Å². The molecule has 0 unspecified atom stereocenters. The normalized spacial score (nSPS) is 16.0. The average Bonchev–Trinajstić information content (AvgIpc) is 2.97. The van der Waals surface area contributed by atoms with Crippen LogP contribution in [0, 0.1) is 0 Å². The fraction of sp³-hybridized carbons (Fsp3) is 0.588. The monoisotopic (exact) mass is 321 g/mol. The lowest BCUT2D eigenvalue weighted by Crippen LogP contribution is -2.43. The Bertz CT molecular complexity index is 467. The lowest BCUT2D eigenvalue weighted by atomic mass is 10.2. The van der Waals surface area contributed by atoms with Crippen molar-refractivity contribution in [2.75, 3.05) is 19.4 Å². The van der Waals surface area contributed by atoms with Crippen LogP contribution in [0.4, 0.5) is 0 Å². The predicted molar refractivity (Wildman–Crippen MR) is 90.1 cm³/mol. The van der Waals surface area contributed by atoms with Gasteiger partial charge in [-0.2, -0.15) is 0 Å². The van der Waals surface area contributed by atoms with Crippen LogP contribution in [0.2, 0.25) is 19.6 Å². The third-order valence-corrected chi connectivity index (χ3v) is 4.85. The molecule has 122 valence electrons. The van der Waals surface area contributed by atoms with Gasteiger partial charge in [-0.15, -0.1) is 0 Å². The first-order valence-corrected chi connectivity index (χ1v) is 11.7. The van der Waals surface area contributed by atoms with Crippen LogP contribution in [0.25, 0.3) is 0 Å². The number of nitrogens with zero attached hydrogens (tertiary/aromatic N) is 1. The molecule has 4 nitrogen and oxygen atoms in total. The maximum Gasteiger partial charge on any atom is 0.222 e. The Morgan fingerprint density at radius 2 is 1.82 bits per heavy atom. The van der Waals surface area contributed by atoms with Crippen molar-refractivity contribution in [2.24, 2.45) is 0 Å². The van der Waals surface area contributed by atoms with Gasteiger partial charge in [-0.05, 0) is 5.56 Å². The second-order valence-electron chi connectivity index (χ2n) is 7.01. The Kier molecular flexibility index (Phi) is 6.17. The summed E-state index contributed by atoms with van der Waals surface area (Å²) in [5.41, 5.74) is 1.18. The largest absolute Gasteiger partial charge is 0.350 e. The standard InChI is InChI=1S/C17H27NO3Si/c1-22(2,3)14-18(13-15-7-5-4-6-8-15)16(19)9-10-17-20-11-12-21-17/h4-8,17H,9-14H2,1-3H3. The predicted octanol–water partition coefficient (Wildman–Crippen LogP) is 3.05. The average molecular weight is 321 g/mol. The second-order valence-corrected chi connectivity index (χ2v) is 12.4. The lowest BCUT2D eigenvalue weighted by molar-refractivity contribution is -0.133. The molecule has 1 aromatic rings. The van der Waals surface area contributed by atoms with Gasteiger partial charge in [-0.3, -0.25) is 4.79 Å². The first-order valence-electron chi connectivity index (χ1n) is 7.99. The molecule has 0 aliphatic carbocycles. The summed E-state index contributed by atoms with van der Waals surface area (Å²) in [6.07, 6.45) is 1.82. The van der Waals surface area contributed by atoms with Crippen LogP contribution in [0.15, 0.2) is 30.3 Å². The van der Waals surface area contributed by atoms with Gasteiger partial charge in [0.2, 0.25) is 5.91 Å². The molecule has 1 aliphatic heterocycles. The number of rotatable bonds is 7. The molecule has 1 fully saturated rings. The third-order valence-electron chi connectivity index (χ3n) is 3.52. The minimum Gasteiger partial charge on any atom is -0.350 e. The number of ether oxygens (including phenoxy) is 2. The maximum absolute atomic E-state index is 12.6. The molecule has 2 rings (SSSR count). The van der Waals surface area contributed by atoms with E-state index in [0.29, 0.717) is 32.6 Å². The topological polar surface area (TPSA) is 38.8 Å². The summed E-state index contributed by atoms with van der Waals surface area (Å²) < 4.78 is 10.8. The van der Waals surface area contributed by atoms with E-state index in [0.717, 1.165) is 6.17 Å². The van der Waals surface area contributed by atoms with Gasteiger partial charge in [0.25, 0.3) is 0 Å². The van der Waals surface area contributed by atoms with Crippen molar-refractivity contribution in [1.29, 1.82) is 0 Å². The van der Waals surface area contributed by atoms with Crippen LogP contribution < -0.4 is 0 Å². The third kappa shape index (κ3) is 5.91. The van der Waals surface area contributed by atoms with Crippen LogP contribution in [0.5, 0.6) is 0 Å². The molecular formula is C17H27NO3Si. The Hall–Kier alpha value is -1.17. The smallest absolute Gasteiger partial charge is 0.222 e. The number of benzene rings is 1. The van der Waals surface area contributed by atoms with Gasteiger partial charge < -0.3 is 14.4 Å². The van der Waals surface area contributed by atoms with E-state index in [-0.39, 0.29) is 12.2 Å². The van der Waals surface area contributed by atoms with E-state index >= 15 is 0 Å². The molecule has 1 heterocycles. The van der Waals surface area contributed by atoms with E-state index in [2.05, 4.69) is 31.8 Å². The Labute approximate surface area is 134 Å². The fourth-order valence-corrected chi connectivity index (χ4v) is 4.02. The molecule has 5 heteroatoms. The molecule has 0 saturated carbocycles. The highest BCUT2D eigenvalue weighted by Gasteiger charge is 2.24. The molecule has 0 atom stereocenters. The highest BCUT2D eigenvalue weighted by molar-refractivity contribution is 6.76. The maximum atomic E-state index is 12.6. The molecule has 1 amide bonds. The van der Waals surface area contributed by atoms with Crippen LogP contribution in [-0.4, -0.2) is 44.6 Å². The van der Waals surface area contributed by atoms with E-state index in [1.807, 2.05) is 23.1 Å². The molecule has 0 bridgehead atoms. The first-order chi connectivity index (χ1) is 10.4. The Morgan fingerprint density at radius 3 is 2.41 bits per heavy atom. The van der Waals surface area contributed by atoms with Crippen LogP contribution in [-0.2, 0) is 20.8 Å². The number of amides is 1. The van der Waals surface area contributed by atoms with Crippen molar-refractivity contribution >= 4 is 14.0 Å². The SMILES string of the molecule is C[Si](C)(C)CN(Cc1ccccc1)C(=O)CCC1OCCO1. The van der Waals surface area contributed by atoms with Crippen molar-refractivity contribution in [3.8, 4) is 0 Å². The number of hydrogen-bond acceptors (Lipinski definition) is 3. The minimum atomic E-state index is -1.35. The Morgan fingerprint density at radius 1 is 1.18 bits per heavy atom. The van der Waals surface area contributed by atoms with E-state index in [1.165, 1.54) is 5.56 Å². The second kappa shape index (κ2) is 7.90. The highest BCUT2D eigenvalue weighted by Crippen LogP contribution is 2.15. The summed E-state index contributed by atoms with van der Waals surface area (Å²) in [7, 11) is -1.35. The molecule has 0 spiro atoms. The van der Waals surface area contributed by atoms with Gasteiger partial charge in [-0.1, -0.05) is 50.0 Å². The zero-order valence-electron chi connectivity index (χ0n) is 13.9. The fourth-order valence-electron chi connectivity index (χ4n) is 2.58. The van der Waals surface area contributed by atoms with Crippen molar-refractivity contribution in [2.45, 2.75) is 45.3 Å². The zero-order chi connectivity index (χ0) is 16.0. The van der Waals surface area contributed by atoms with Crippen molar-refractivity contribution in [3.63, 3.8) is 0 Å². The zero-order valence-corrected chi connectivity index (χ0v) is 14.9. The molecule has 1 aromatic carbocycles. The summed E-state index contributed by atoms with van der Waals surface area (Å²) >= 11 is 0. The van der Waals surface area contributed by atoms with E-state index in [4.69, 9.17) is 9.47 Å². The minimum absolute atomic E-state index is 0.199. The van der Waals surface area contributed by atoms with Gasteiger partial charge in [-0.25, -0.2) is 0 Å². The van der Waals surface area contributed by atoms with E-state index in [9.17, 15) is 4.79 Å². The van der Waals surface area contributed by atoms with Crippen molar-refractivity contribution in [1.82, 2.24) is 4.90 Å². The molecule has 0 N–H and O–H groups in total. The van der Waals surface area contributed by atoms with Crippen molar-refractivity contribution in [3.05, 3.63) is 35.9 Å². The molecule has 0 radical (unpaired) electrons. The number of carbonyl (C=O) groups excluding carboxylic acids is 1. The van der Waals surface area contributed by atoms with Gasteiger partial charge in [0.15, 0.2) is 6.29 Å². The van der Waals surface area contributed by atoms with Crippen LogP contribution in [0.1, 0.15) is 18.4 Å². The van der Waals surface area contributed by atoms with E-state index in [1.54, 1.807) is 0 Å². The lowest BCUT2D eigenvalue weighted by Gasteiger charge is -2.29. The van der Waals surface area contributed by atoms with Gasteiger partial charge in [0, 0.05) is 25.6 Å². The molecule has 0 aromatic heterocycles. The molecular weight excluding hydrogens is 294 g/mol. The van der Waals surface area contributed by atoms with Gasteiger partial charge >= 0.3 is 0 Å². The summed E-state index contributed by atoms with van der Waals surface area (Å²) in [5, 5.41) is 0. The summed E-state index contributed by atoms with van der Waals surface area (Å²) in [6, 6.07) is 10.2. The summed E-state index contributed by atoms with van der Waals surface area (Å²) in [4.78, 5) is 14.6. The number of hydrogen-bond donors (Lipinski definition) is 0. The van der Waals surface area contributed by atoms with Gasteiger partial charge in [0.1, 0.15) is 0 Å². The van der Waals surface area contributed by atoms with Crippen LogP contribution >= 0.6 is 0 Å². The quantitative estimate of drug-likeness (QED) is 0.725. The van der Waals surface area contributed by atoms with Crippen molar-refractivity contribution < 1.29 is 14.3 Å².